The Hall–Kier alpha value is -1.33. The van der Waals surface area contributed by atoms with E-state index in [4.69, 9.17) is 5.84 Å². The van der Waals surface area contributed by atoms with Gasteiger partial charge < -0.3 is 0 Å². The van der Waals surface area contributed by atoms with Crippen LogP contribution in [0.4, 0.5) is 8.78 Å². The lowest BCUT2D eigenvalue weighted by Crippen LogP contribution is -2.41. The first-order valence-corrected chi connectivity index (χ1v) is 7.34. The van der Waals surface area contributed by atoms with Crippen LogP contribution in [-0.4, -0.2) is 17.7 Å². The van der Waals surface area contributed by atoms with Crippen molar-refractivity contribution in [1.29, 1.82) is 0 Å². The number of hydrogen-bond acceptors (Lipinski definition) is 3. The molecule has 0 radical (unpaired) electrons. The van der Waals surface area contributed by atoms with Gasteiger partial charge in [0.1, 0.15) is 5.78 Å². The number of halogens is 2. The molecule has 1 aromatic rings. The zero-order valence-electron chi connectivity index (χ0n) is 12.2. The lowest BCUT2D eigenvalue weighted by Gasteiger charge is -2.28. The summed E-state index contributed by atoms with van der Waals surface area (Å²) in [6.45, 7) is 1.50. The minimum atomic E-state index is -2.49. The van der Waals surface area contributed by atoms with Crippen LogP contribution in [-0.2, 0) is 11.2 Å². The Balaban J connectivity index is 1.98. The molecule has 3 N–H and O–H groups in total. The van der Waals surface area contributed by atoms with Crippen LogP contribution in [0.1, 0.15) is 49.7 Å². The van der Waals surface area contributed by atoms with E-state index in [1.54, 1.807) is 0 Å². The standard InChI is InChI=1S/C16H22F2N2O/c1-11(21)15(20-19)10-12-2-4-13(5-3-12)14-6-8-16(17,18)9-7-14/h2-5,14-15,20H,6-10,19H2,1H3/t15-/m0/s1. The van der Waals surface area contributed by atoms with Crippen LogP contribution in [0.3, 0.4) is 0 Å². The minimum Gasteiger partial charge on any atom is -0.298 e. The number of Topliss-reactive ketones (excluding diaryl/α,β-unsaturated/α-hetero) is 1. The summed E-state index contributed by atoms with van der Waals surface area (Å²) < 4.78 is 26.3. The molecule has 0 saturated heterocycles. The summed E-state index contributed by atoms with van der Waals surface area (Å²) in [5.41, 5.74) is 4.62. The Bertz CT molecular complexity index is 478. The normalized spacial score (nSPS) is 20.2. The Morgan fingerprint density at radius 3 is 2.38 bits per heavy atom. The molecule has 1 aliphatic carbocycles. The lowest BCUT2D eigenvalue weighted by molar-refractivity contribution is -0.118. The van der Waals surface area contributed by atoms with Crippen LogP contribution < -0.4 is 11.3 Å². The second-order valence-electron chi connectivity index (χ2n) is 5.91. The van der Waals surface area contributed by atoms with Crippen LogP contribution >= 0.6 is 0 Å². The maximum absolute atomic E-state index is 13.2. The highest BCUT2D eigenvalue weighted by Gasteiger charge is 2.35. The first kappa shape index (κ1) is 16.0. The van der Waals surface area contributed by atoms with Gasteiger partial charge in [-0.2, -0.15) is 0 Å². The number of rotatable bonds is 5. The molecule has 0 bridgehead atoms. The van der Waals surface area contributed by atoms with Gasteiger partial charge in [0.15, 0.2) is 0 Å². The Labute approximate surface area is 123 Å². The van der Waals surface area contributed by atoms with Gasteiger partial charge >= 0.3 is 0 Å². The second kappa shape index (κ2) is 6.62. The Morgan fingerprint density at radius 2 is 1.90 bits per heavy atom. The third-order valence-electron chi connectivity index (χ3n) is 4.30. The highest BCUT2D eigenvalue weighted by atomic mass is 19.3. The van der Waals surface area contributed by atoms with Crippen LogP contribution in [0.15, 0.2) is 24.3 Å². The van der Waals surface area contributed by atoms with E-state index in [1.807, 2.05) is 24.3 Å². The third kappa shape index (κ3) is 4.32. The number of hydrazine groups is 1. The number of ketones is 1. The summed E-state index contributed by atoms with van der Waals surface area (Å²) in [7, 11) is 0. The Morgan fingerprint density at radius 1 is 1.33 bits per heavy atom. The molecule has 0 aromatic heterocycles. The summed E-state index contributed by atoms with van der Waals surface area (Å²) in [6, 6.07) is 7.49. The molecule has 1 aromatic carbocycles. The van der Waals surface area contributed by atoms with Crippen molar-refractivity contribution in [3.8, 4) is 0 Å². The van der Waals surface area contributed by atoms with Gasteiger partial charge in [-0.3, -0.25) is 10.6 Å². The lowest BCUT2D eigenvalue weighted by atomic mass is 9.82. The molecule has 1 aliphatic rings. The van der Waals surface area contributed by atoms with Crippen LogP contribution in [0, 0.1) is 0 Å². The summed E-state index contributed by atoms with van der Waals surface area (Å²) in [5, 5.41) is 0. The maximum Gasteiger partial charge on any atom is 0.248 e. The van der Waals surface area contributed by atoms with Crippen molar-refractivity contribution in [3.05, 3.63) is 35.4 Å². The molecule has 116 valence electrons. The SMILES string of the molecule is CC(=O)[C@H](Cc1ccc(C2CCC(F)(F)CC2)cc1)NN. The first-order valence-electron chi connectivity index (χ1n) is 7.34. The third-order valence-corrected chi connectivity index (χ3v) is 4.30. The molecular formula is C16H22F2N2O. The summed E-state index contributed by atoms with van der Waals surface area (Å²) in [4.78, 5) is 11.3. The highest BCUT2D eigenvalue weighted by molar-refractivity contribution is 5.81. The van der Waals surface area contributed by atoms with E-state index in [-0.39, 0.29) is 30.6 Å². The Kier molecular flexibility index (Phi) is 5.06. The van der Waals surface area contributed by atoms with Gasteiger partial charge in [-0.05, 0) is 43.2 Å². The number of carbonyl (C=O) groups excluding carboxylic acids is 1. The number of alkyl halides is 2. The van der Waals surface area contributed by atoms with Gasteiger partial charge in [0.2, 0.25) is 5.92 Å². The summed E-state index contributed by atoms with van der Waals surface area (Å²) >= 11 is 0. The number of carbonyl (C=O) groups is 1. The van der Waals surface area contributed by atoms with Crippen LogP contribution in [0.2, 0.25) is 0 Å². The van der Waals surface area contributed by atoms with E-state index < -0.39 is 5.92 Å². The van der Waals surface area contributed by atoms with Crippen molar-refractivity contribution in [2.24, 2.45) is 5.84 Å². The predicted octanol–water partition coefficient (Wildman–Crippen LogP) is 2.94. The average molecular weight is 296 g/mol. The monoisotopic (exact) mass is 296 g/mol. The van der Waals surface area contributed by atoms with E-state index in [9.17, 15) is 13.6 Å². The van der Waals surface area contributed by atoms with Crippen molar-refractivity contribution in [2.75, 3.05) is 0 Å². The molecule has 0 spiro atoms. The summed E-state index contributed by atoms with van der Waals surface area (Å²) in [5.74, 6) is 3.08. The molecule has 3 nitrogen and oxygen atoms in total. The fourth-order valence-electron chi connectivity index (χ4n) is 2.86. The van der Waals surface area contributed by atoms with Crippen LogP contribution in [0.5, 0.6) is 0 Å². The van der Waals surface area contributed by atoms with E-state index in [0.29, 0.717) is 19.3 Å². The largest absolute Gasteiger partial charge is 0.298 e. The molecule has 1 atom stereocenters. The molecule has 0 aliphatic heterocycles. The highest BCUT2D eigenvalue weighted by Crippen LogP contribution is 2.40. The number of nitrogens with one attached hydrogen (secondary N) is 1. The van der Waals surface area contributed by atoms with E-state index in [1.165, 1.54) is 6.92 Å². The van der Waals surface area contributed by atoms with Gasteiger partial charge in [0.25, 0.3) is 0 Å². The molecular weight excluding hydrogens is 274 g/mol. The fraction of sp³-hybridized carbons (Fsp3) is 0.562. The fourth-order valence-corrected chi connectivity index (χ4v) is 2.86. The van der Waals surface area contributed by atoms with Gasteiger partial charge in [-0.25, -0.2) is 14.2 Å². The minimum absolute atomic E-state index is 0.00362. The van der Waals surface area contributed by atoms with Crippen molar-refractivity contribution < 1.29 is 13.6 Å². The predicted molar refractivity (Wildman–Crippen MR) is 78.1 cm³/mol. The number of hydrogen-bond donors (Lipinski definition) is 2. The maximum atomic E-state index is 13.2. The van der Waals surface area contributed by atoms with Crippen molar-refractivity contribution in [1.82, 2.24) is 5.43 Å². The molecule has 21 heavy (non-hydrogen) atoms. The van der Waals surface area contributed by atoms with Gasteiger partial charge in [0.05, 0.1) is 6.04 Å². The zero-order valence-corrected chi connectivity index (χ0v) is 12.2. The van der Waals surface area contributed by atoms with Gasteiger partial charge in [-0.1, -0.05) is 24.3 Å². The average Bonchev–Trinajstić information content (AvgIpc) is 2.45. The second-order valence-corrected chi connectivity index (χ2v) is 5.91. The van der Waals surface area contributed by atoms with Gasteiger partial charge in [-0.15, -0.1) is 0 Å². The van der Waals surface area contributed by atoms with Crippen molar-refractivity contribution in [3.63, 3.8) is 0 Å². The van der Waals surface area contributed by atoms with Crippen molar-refractivity contribution >= 4 is 5.78 Å². The van der Waals surface area contributed by atoms with E-state index in [0.717, 1.165) is 11.1 Å². The molecule has 2 rings (SSSR count). The molecule has 0 heterocycles. The van der Waals surface area contributed by atoms with E-state index >= 15 is 0 Å². The molecule has 1 fully saturated rings. The topological polar surface area (TPSA) is 55.1 Å². The zero-order chi connectivity index (χ0) is 15.5. The quantitative estimate of drug-likeness (QED) is 0.649. The summed E-state index contributed by atoms with van der Waals surface area (Å²) in [6.07, 6.45) is 1.56. The molecule has 5 heteroatoms. The van der Waals surface area contributed by atoms with Crippen LogP contribution in [0.25, 0.3) is 0 Å². The molecule has 0 unspecified atom stereocenters. The molecule has 1 saturated carbocycles. The smallest absolute Gasteiger partial charge is 0.248 e. The number of nitrogens with two attached hydrogens (primary N) is 1. The number of benzene rings is 1. The van der Waals surface area contributed by atoms with Gasteiger partial charge in [0, 0.05) is 12.8 Å². The molecule has 0 amide bonds. The first-order chi connectivity index (χ1) is 9.91. The van der Waals surface area contributed by atoms with E-state index in [2.05, 4.69) is 5.43 Å². The van der Waals surface area contributed by atoms with Crippen molar-refractivity contribution in [2.45, 2.75) is 56.9 Å².